The van der Waals surface area contributed by atoms with Crippen LogP contribution in [0.25, 0.3) is 11.3 Å². The molecule has 1 aromatic carbocycles. The zero-order valence-corrected chi connectivity index (χ0v) is 17.0. The number of rotatable bonds is 8. The molecular weight excluding hydrogens is 414 g/mol. The van der Waals surface area contributed by atoms with E-state index in [1.54, 1.807) is 36.7 Å². The molecule has 0 bridgehead atoms. The molecule has 0 aliphatic rings. The normalized spacial score (nSPS) is 10.7. The summed E-state index contributed by atoms with van der Waals surface area (Å²) in [5, 5.41) is 6.58. The van der Waals surface area contributed by atoms with Crippen molar-refractivity contribution in [1.82, 2.24) is 25.2 Å². The Balaban J connectivity index is 1.35. The third-order valence-electron chi connectivity index (χ3n) is 4.72. The van der Waals surface area contributed by atoms with E-state index in [0.29, 0.717) is 30.8 Å². The van der Waals surface area contributed by atoms with Crippen molar-refractivity contribution in [3.8, 4) is 11.3 Å². The Morgan fingerprint density at radius 2 is 1.91 bits per heavy atom. The van der Waals surface area contributed by atoms with Gasteiger partial charge in [-0.2, -0.15) is 9.18 Å². The van der Waals surface area contributed by atoms with E-state index >= 15 is 0 Å². The highest BCUT2D eigenvalue weighted by Gasteiger charge is 2.13. The van der Waals surface area contributed by atoms with Crippen LogP contribution < -0.4 is 10.7 Å². The number of nitrogens with zero attached hydrogens (tertiary/aromatic N) is 4. The van der Waals surface area contributed by atoms with Crippen molar-refractivity contribution in [1.29, 1.82) is 0 Å². The molecule has 0 aliphatic heterocycles. The molecule has 0 spiro atoms. The zero-order valence-electron chi connectivity index (χ0n) is 17.0. The third-order valence-corrected chi connectivity index (χ3v) is 4.72. The summed E-state index contributed by atoms with van der Waals surface area (Å²) in [6, 6.07) is 13.1. The first-order valence-corrected chi connectivity index (χ1v) is 9.95. The largest absolute Gasteiger partial charge is 0.348 e. The van der Waals surface area contributed by atoms with Crippen LogP contribution in [0.15, 0.2) is 73.3 Å². The molecule has 2 N–H and O–H groups in total. The lowest BCUT2D eigenvalue weighted by Gasteiger charge is -2.06. The third kappa shape index (κ3) is 5.31. The predicted molar refractivity (Wildman–Crippen MR) is 115 cm³/mol. The van der Waals surface area contributed by atoms with E-state index in [1.165, 1.54) is 29.3 Å². The lowest BCUT2D eigenvalue weighted by Crippen LogP contribution is -2.22. The van der Waals surface area contributed by atoms with Crippen LogP contribution in [0.4, 0.5) is 8.78 Å². The van der Waals surface area contributed by atoms with Gasteiger partial charge in [-0.15, -0.1) is 5.10 Å². The van der Waals surface area contributed by atoms with Crippen LogP contribution in [0.1, 0.15) is 21.5 Å². The van der Waals surface area contributed by atoms with E-state index in [0.717, 1.165) is 11.1 Å². The van der Waals surface area contributed by atoms with Gasteiger partial charge in [0.15, 0.2) is 0 Å². The SMILES string of the molecule is O=C(NCc1cccnc1)c1ccc(-c2cn(NCCc3cccc(F)c3)nc2F)nc1. The van der Waals surface area contributed by atoms with Gasteiger partial charge >= 0.3 is 0 Å². The number of hydrogen-bond donors (Lipinski definition) is 2. The highest BCUT2D eigenvalue weighted by atomic mass is 19.1. The van der Waals surface area contributed by atoms with E-state index in [4.69, 9.17) is 0 Å². The molecule has 0 radical (unpaired) electrons. The number of benzene rings is 1. The van der Waals surface area contributed by atoms with E-state index < -0.39 is 5.95 Å². The fourth-order valence-electron chi connectivity index (χ4n) is 3.09. The van der Waals surface area contributed by atoms with Crippen LogP contribution in [0.2, 0.25) is 0 Å². The summed E-state index contributed by atoms with van der Waals surface area (Å²) in [5.41, 5.74) is 5.57. The maximum atomic E-state index is 14.3. The number of amides is 1. The lowest BCUT2D eigenvalue weighted by molar-refractivity contribution is 0.0950. The molecule has 7 nitrogen and oxygen atoms in total. The number of carbonyl (C=O) groups is 1. The lowest BCUT2D eigenvalue weighted by atomic mass is 10.1. The topological polar surface area (TPSA) is 84.7 Å². The first-order valence-electron chi connectivity index (χ1n) is 9.95. The fourth-order valence-corrected chi connectivity index (χ4v) is 3.09. The van der Waals surface area contributed by atoms with Gasteiger partial charge in [0.1, 0.15) is 5.82 Å². The molecule has 0 aliphatic carbocycles. The molecule has 0 saturated heterocycles. The van der Waals surface area contributed by atoms with Crippen LogP contribution in [0.5, 0.6) is 0 Å². The smallest absolute Gasteiger partial charge is 0.253 e. The van der Waals surface area contributed by atoms with Crippen LogP contribution in [-0.4, -0.2) is 32.3 Å². The zero-order chi connectivity index (χ0) is 22.3. The van der Waals surface area contributed by atoms with Gasteiger partial charge in [-0.05, 0) is 47.9 Å². The van der Waals surface area contributed by atoms with Crippen LogP contribution in [-0.2, 0) is 13.0 Å². The number of carbonyl (C=O) groups excluding carboxylic acids is 1. The summed E-state index contributed by atoms with van der Waals surface area (Å²) >= 11 is 0. The molecule has 4 aromatic rings. The molecule has 1 amide bonds. The first-order chi connectivity index (χ1) is 15.6. The summed E-state index contributed by atoms with van der Waals surface area (Å²) in [7, 11) is 0. The van der Waals surface area contributed by atoms with Gasteiger partial charge in [0.05, 0.1) is 23.0 Å². The van der Waals surface area contributed by atoms with Crippen LogP contribution in [0, 0.1) is 11.8 Å². The molecule has 4 rings (SSSR count). The standard InChI is InChI=1S/C23H20F2N6O/c24-19-5-1-3-16(11-19)8-10-29-31-15-20(22(25)30-31)21-7-6-18(14-27-21)23(32)28-13-17-4-2-9-26-12-17/h1-7,9,11-12,14-15,29H,8,10,13H2,(H,28,32). The van der Waals surface area contributed by atoms with Crippen molar-refractivity contribution in [3.63, 3.8) is 0 Å². The average Bonchev–Trinajstić information content (AvgIpc) is 3.18. The maximum absolute atomic E-state index is 14.3. The minimum absolute atomic E-state index is 0.200. The molecular formula is C23H20F2N6O. The quantitative estimate of drug-likeness (QED) is 0.444. The van der Waals surface area contributed by atoms with Gasteiger partial charge < -0.3 is 10.7 Å². The van der Waals surface area contributed by atoms with Gasteiger partial charge in [0.25, 0.3) is 5.91 Å². The second-order valence-electron chi connectivity index (χ2n) is 7.04. The molecule has 0 fully saturated rings. The second kappa shape index (κ2) is 9.78. The van der Waals surface area contributed by atoms with Gasteiger partial charge in [0, 0.05) is 31.7 Å². The Hall–Kier alpha value is -4.14. The van der Waals surface area contributed by atoms with Crippen LogP contribution in [0.3, 0.4) is 0 Å². The number of hydrogen-bond acceptors (Lipinski definition) is 5. The number of aromatic nitrogens is 4. The Labute approximate surface area is 183 Å². The van der Waals surface area contributed by atoms with Crippen molar-refractivity contribution in [2.75, 3.05) is 12.0 Å². The van der Waals surface area contributed by atoms with E-state index in [-0.39, 0.29) is 17.3 Å². The summed E-state index contributed by atoms with van der Waals surface area (Å²) in [4.78, 5) is 21.8. The molecule has 32 heavy (non-hydrogen) atoms. The summed E-state index contributed by atoms with van der Waals surface area (Å²) in [5.74, 6) is -1.28. The first kappa shape index (κ1) is 21.1. The van der Waals surface area contributed by atoms with Crippen molar-refractivity contribution < 1.29 is 13.6 Å². The van der Waals surface area contributed by atoms with E-state index in [9.17, 15) is 13.6 Å². The number of pyridine rings is 2. The number of halogens is 2. The van der Waals surface area contributed by atoms with Crippen molar-refractivity contribution in [3.05, 3.63) is 102 Å². The van der Waals surface area contributed by atoms with Crippen molar-refractivity contribution in [2.45, 2.75) is 13.0 Å². The average molecular weight is 434 g/mol. The van der Waals surface area contributed by atoms with Gasteiger partial charge in [-0.1, -0.05) is 18.2 Å². The molecule has 162 valence electrons. The fraction of sp³-hybridized carbons (Fsp3) is 0.130. The summed E-state index contributed by atoms with van der Waals surface area (Å²) in [6.07, 6.45) is 6.76. The minimum Gasteiger partial charge on any atom is -0.348 e. The van der Waals surface area contributed by atoms with Crippen molar-refractivity contribution in [2.24, 2.45) is 0 Å². The summed E-state index contributed by atoms with van der Waals surface area (Å²) < 4.78 is 27.6. The highest BCUT2D eigenvalue weighted by Crippen LogP contribution is 2.19. The monoisotopic (exact) mass is 434 g/mol. The highest BCUT2D eigenvalue weighted by molar-refractivity contribution is 5.94. The van der Waals surface area contributed by atoms with Crippen molar-refractivity contribution >= 4 is 5.91 Å². The molecule has 0 unspecified atom stereocenters. The Bertz CT molecular complexity index is 1190. The minimum atomic E-state index is -0.690. The molecule has 0 atom stereocenters. The Kier molecular flexibility index (Phi) is 6.45. The molecule has 3 aromatic heterocycles. The molecule has 9 heteroatoms. The Morgan fingerprint density at radius 3 is 2.66 bits per heavy atom. The predicted octanol–water partition coefficient (Wildman–Crippen LogP) is 3.33. The van der Waals surface area contributed by atoms with Crippen LogP contribution >= 0.6 is 0 Å². The van der Waals surface area contributed by atoms with E-state index in [2.05, 4.69) is 25.8 Å². The molecule has 0 saturated carbocycles. The van der Waals surface area contributed by atoms with Gasteiger partial charge in [0.2, 0.25) is 5.95 Å². The number of nitrogens with one attached hydrogen (secondary N) is 2. The van der Waals surface area contributed by atoms with E-state index in [1.807, 2.05) is 12.1 Å². The maximum Gasteiger partial charge on any atom is 0.253 e. The summed E-state index contributed by atoms with van der Waals surface area (Å²) in [6.45, 7) is 0.782. The van der Waals surface area contributed by atoms with Gasteiger partial charge in [-0.3, -0.25) is 14.8 Å². The molecule has 3 heterocycles. The Morgan fingerprint density at radius 1 is 1.03 bits per heavy atom. The van der Waals surface area contributed by atoms with Gasteiger partial charge in [-0.25, -0.2) is 4.39 Å². The second-order valence-corrected chi connectivity index (χ2v) is 7.04.